The zero-order valence-electron chi connectivity index (χ0n) is 11.3. The van der Waals surface area contributed by atoms with E-state index in [0.717, 1.165) is 11.1 Å². The zero-order valence-corrected chi connectivity index (χ0v) is 11.3. The van der Waals surface area contributed by atoms with Crippen LogP contribution in [0.15, 0.2) is 24.3 Å². The van der Waals surface area contributed by atoms with Crippen LogP contribution in [-0.4, -0.2) is 29.1 Å². The molecule has 0 aliphatic carbocycles. The topological polar surface area (TPSA) is 92.4 Å². The Morgan fingerprint density at radius 1 is 1.40 bits per heavy atom. The molecule has 0 aliphatic rings. The summed E-state index contributed by atoms with van der Waals surface area (Å²) in [6.07, 6.45) is 5.34. The summed E-state index contributed by atoms with van der Waals surface area (Å²) in [4.78, 5) is 22.9. The number of carbonyl (C=O) groups is 2. The summed E-state index contributed by atoms with van der Waals surface area (Å²) in [5, 5.41) is 11.6. The summed E-state index contributed by atoms with van der Waals surface area (Å²) in [7, 11) is 0. The Morgan fingerprint density at radius 3 is 2.50 bits per heavy atom. The highest BCUT2D eigenvalue weighted by atomic mass is 16.4. The molecule has 0 spiro atoms. The second kappa shape index (κ2) is 7.31. The van der Waals surface area contributed by atoms with Crippen molar-refractivity contribution in [3.8, 4) is 12.3 Å². The lowest BCUT2D eigenvalue weighted by Crippen LogP contribution is -2.49. The summed E-state index contributed by atoms with van der Waals surface area (Å²) >= 11 is 0. The average Bonchev–Trinajstić information content (AvgIpc) is 2.40. The van der Waals surface area contributed by atoms with Crippen LogP contribution in [0.4, 0.5) is 0 Å². The molecule has 1 aromatic carbocycles. The fourth-order valence-corrected chi connectivity index (χ4v) is 1.66. The second-order valence-corrected chi connectivity index (χ2v) is 4.60. The Bertz CT molecular complexity index is 517. The summed E-state index contributed by atoms with van der Waals surface area (Å²) in [6, 6.07) is 5.53. The molecule has 0 radical (unpaired) electrons. The molecule has 0 saturated carbocycles. The van der Waals surface area contributed by atoms with Crippen LogP contribution in [0.2, 0.25) is 0 Å². The zero-order chi connectivity index (χ0) is 15.1. The van der Waals surface area contributed by atoms with Gasteiger partial charge in [0.15, 0.2) is 0 Å². The number of hydrogen-bond donors (Lipinski definition) is 3. The third-order valence-corrected chi connectivity index (χ3v) is 2.85. The number of amides is 1. The summed E-state index contributed by atoms with van der Waals surface area (Å²) in [5.41, 5.74) is 7.45. The van der Waals surface area contributed by atoms with Crippen molar-refractivity contribution in [2.24, 2.45) is 5.73 Å². The first-order chi connectivity index (χ1) is 9.43. The minimum atomic E-state index is -1.10. The lowest BCUT2D eigenvalue weighted by atomic mass is 10.0. The number of carbonyl (C=O) groups excluding carboxylic acids is 1. The van der Waals surface area contributed by atoms with Gasteiger partial charge in [-0.05, 0) is 12.5 Å². The quantitative estimate of drug-likeness (QED) is 0.657. The Kier molecular flexibility index (Phi) is 5.75. The maximum atomic E-state index is 11.7. The van der Waals surface area contributed by atoms with E-state index in [1.807, 2.05) is 31.2 Å². The number of rotatable bonds is 6. The second-order valence-electron chi connectivity index (χ2n) is 4.60. The molecule has 0 unspecified atom stereocenters. The number of terminal acetylenes is 1. The molecule has 0 fully saturated rings. The molecule has 1 amide bonds. The van der Waals surface area contributed by atoms with E-state index in [4.69, 9.17) is 17.3 Å². The highest BCUT2D eigenvalue weighted by Gasteiger charge is 2.23. The van der Waals surface area contributed by atoms with Gasteiger partial charge in [0, 0.05) is 12.8 Å². The van der Waals surface area contributed by atoms with Gasteiger partial charge in [-0.25, -0.2) is 4.79 Å². The Hall–Kier alpha value is -2.32. The molecule has 0 aromatic heterocycles. The molecule has 5 heteroatoms. The minimum Gasteiger partial charge on any atom is -0.480 e. The molecular weight excluding hydrogens is 256 g/mol. The van der Waals surface area contributed by atoms with Gasteiger partial charge in [0.1, 0.15) is 6.04 Å². The van der Waals surface area contributed by atoms with E-state index in [-0.39, 0.29) is 12.8 Å². The molecule has 1 rings (SSSR count). The lowest BCUT2D eigenvalue weighted by molar-refractivity contribution is -0.141. The van der Waals surface area contributed by atoms with Crippen molar-refractivity contribution in [1.82, 2.24) is 5.32 Å². The monoisotopic (exact) mass is 274 g/mol. The number of aryl methyl sites for hydroxylation is 1. The molecule has 0 saturated heterocycles. The van der Waals surface area contributed by atoms with Crippen molar-refractivity contribution in [3.05, 3.63) is 35.4 Å². The van der Waals surface area contributed by atoms with Gasteiger partial charge in [-0.2, -0.15) is 0 Å². The van der Waals surface area contributed by atoms with Gasteiger partial charge in [0.05, 0.1) is 6.04 Å². The van der Waals surface area contributed by atoms with Crippen molar-refractivity contribution in [3.63, 3.8) is 0 Å². The average molecular weight is 274 g/mol. The number of nitrogens with one attached hydrogen (secondary N) is 1. The molecule has 0 aliphatic heterocycles. The molecule has 106 valence electrons. The molecule has 1 aromatic rings. The van der Waals surface area contributed by atoms with Gasteiger partial charge in [-0.3, -0.25) is 4.79 Å². The van der Waals surface area contributed by atoms with Gasteiger partial charge in [-0.15, -0.1) is 12.3 Å². The van der Waals surface area contributed by atoms with Crippen LogP contribution < -0.4 is 11.1 Å². The van der Waals surface area contributed by atoms with E-state index in [0.29, 0.717) is 0 Å². The smallest absolute Gasteiger partial charge is 0.326 e. The first-order valence-electron chi connectivity index (χ1n) is 6.21. The van der Waals surface area contributed by atoms with Crippen molar-refractivity contribution in [2.75, 3.05) is 0 Å². The highest BCUT2D eigenvalue weighted by molar-refractivity contribution is 5.87. The summed E-state index contributed by atoms with van der Waals surface area (Å²) in [5.74, 6) is 0.615. The number of carboxylic acids is 1. The van der Waals surface area contributed by atoms with E-state index in [9.17, 15) is 9.59 Å². The molecular formula is C15H18N2O3. The van der Waals surface area contributed by atoms with E-state index >= 15 is 0 Å². The van der Waals surface area contributed by atoms with Crippen LogP contribution in [0, 0.1) is 19.3 Å². The number of nitrogens with two attached hydrogens (primary N) is 1. The predicted octanol–water partition coefficient (Wildman–Crippen LogP) is 0.458. The van der Waals surface area contributed by atoms with Gasteiger partial charge in [0.25, 0.3) is 0 Å². The van der Waals surface area contributed by atoms with Crippen LogP contribution in [0.1, 0.15) is 17.5 Å². The fourth-order valence-electron chi connectivity index (χ4n) is 1.66. The highest BCUT2D eigenvalue weighted by Crippen LogP contribution is 2.06. The van der Waals surface area contributed by atoms with E-state index < -0.39 is 24.0 Å². The Morgan fingerprint density at radius 2 is 2.00 bits per heavy atom. The Balaban J connectivity index is 2.70. The SMILES string of the molecule is C#CC[C@H](N)C(=O)N[C@@H](Cc1ccc(C)cc1)C(=O)O. The fraction of sp³-hybridized carbons (Fsp3) is 0.333. The standard InChI is InChI=1S/C15H18N2O3/c1-3-4-12(16)14(18)17-13(15(19)20)9-11-7-5-10(2)6-8-11/h1,5-8,12-13H,4,9,16H2,2H3,(H,17,18)(H,19,20)/t12-,13-/m0/s1. The van der Waals surface area contributed by atoms with Crippen LogP contribution in [0.25, 0.3) is 0 Å². The van der Waals surface area contributed by atoms with Gasteiger partial charge >= 0.3 is 5.97 Å². The first kappa shape index (κ1) is 15.7. The van der Waals surface area contributed by atoms with Crippen LogP contribution in [-0.2, 0) is 16.0 Å². The first-order valence-corrected chi connectivity index (χ1v) is 6.21. The third-order valence-electron chi connectivity index (χ3n) is 2.85. The maximum absolute atomic E-state index is 11.7. The molecule has 4 N–H and O–H groups in total. The molecule has 0 bridgehead atoms. The molecule has 5 nitrogen and oxygen atoms in total. The lowest BCUT2D eigenvalue weighted by Gasteiger charge is -2.17. The maximum Gasteiger partial charge on any atom is 0.326 e. The number of aliphatic carboxylic acids is 1. The van der Waals surface area contributed by atoms with Crippen molar-refractivity contribution in [1.29, 1.82) is 0 Å². The van der Waals surface area contributed by atoms with Crippen molar-refractivity contribution < 1.29 is 14.7 Å². The normalized spacial score (nSPS) is 13.1. The predicted molar refractivity (Wildman–Crippen MR) is 75.9 cm³/mol. The van der Waals surface area contributed by atoms with E-state index in [2.05, 4.69) is 11.2 Å². The van der Waals surface area contributed by atoms with Crippen LogP contribution in [0.3, 0.4) is 0 Å². The van der Waals surface area contributed by atoms with E-state index in [1.165, 1.54) is 0 Å². The Labute approximate surface area is 118 Å². The van der Waals surface area contributed by atoms with Crippen molar-refractivity contribution in [2.45, 2.75) is 31.8 Å². The minimum absolute atomic E-state index is 0.0721. The third kappa shape index (κ3) is 4.75. The van der Waals surface area contributed by atoms with Gasteiger partial charge in [-0.1, -0.05) is 29.8 Å². The number of hydrogen-bond acceptors (Lipinski definition) is 3. The van der Waals surface area contributed by atoms with Crippen LogP contribution >= 0.6 is 0 Å². The molecule has 20 heavy (non-hydrogen) atoms. The van der Waals surface area contributed by atoms with Gasteiger partial charge < -0.3 is 16.2 Å². The largest absolute Gasteiger partial charge is 0.480 e. The molecule has 2 atom stereocenters. The molecule has 0 heterocycles. The van der Waals surface area contributed by atoms with Crippen molar-refractivity contribution >= 4 is 11.9 Å². The number of benzene rings is 1. The van der Waals surface area contributed by atoms with Gasteiger partial charge in [0.2, 0.25) is 5.91 Å². The number of carboxylic acid groups (broad SMARTS) is 1. The van der Waals surface area contributed by atoms with Crippen LogP contribution in [0.5, 0.6) is 0 Å². The summed E-state index contributed by atoms with van der Waals surface area (Å²) in [6.45, 7) is 1.94. The summed E-state index contributed by atoms with van der Waals surface area (Å²) < 4.78 is 0. The van der Waals surface area contributed by atoms with E-state index in [1.54, 1.807) is 0 Å².